The van der Waals surface area contributed by atoms with E-state index in [1.807, 2.05) is 0 Å². The summed E-state index contributed by atoms with van der Waals surface area (Å²) in [5, 5.41) is 99.4. The summed E-state index contributed by atoms with van der Waals surface area (Å²) in [6.45, 7) is 15.4. The molecule has 5 aliphatic carbocycles. The molecule has 3 heterocycles. The predicted molar refractivity (Wildman–Crippen MR) is 198 cm³/mol. The molecule has 3 aliphatic heterocycles. The highest BCUT2D eigenvalue weighted by Crippen LogP contribution is 2.89. The summed E-state index contributed by atoms with van der Waals surface area (Å²) in [5.74, 6) is -0.143. The van der Waals surface area contributed by atoms with Crippen LogP contribution in [0, 0.1) is 44.8 Å². The molecule has 8 fully saturated rings. The molecule has 9 N–H and O–H groups in total. The van der Waals surface area contributed by atoms with Crippen molar-refractivity contribution in [2.45, 2.75) is 210 Å². The first-order valence-corrected chi connectivity index (χ1v) is 21.3. The second kappa shape index (κ2) is 13.5. The monoisotopic (exact) mass is 798 g/mol. The van der Waals surface area contributed by atoms with E-state index < -0.39 is 108 Å². The van der Waals surface area contributed by atoms with Crippen molar-refractivity contribution >= 4 is 0 Å². The van der Waals surface area contributed by atoms with E-state index in [0.29, 0.717) is 12.8 Å². The highest BCUT2D eigenvalue weighted by Gasteiger charge is 2.85. The van der Waals surface area contributed by atoms with Crippen LogP contribution in [0.25, 0.3) is 0 Å². The number of hydrogen-bond donors (Lipinski definition) is 9. The van der Waals surface area contributed by atoms with Crippen LogP contribution in [0.15, 0.2) is 0 Å². The SMILES string of the molecule is CC1OC(OC2C(OC3CCC45CC46CCC4(C)CC(C7(C)CCC(C(C)(C)O)O7)C(O)C4(C)C6CC(O)C5C3(C)C)OC(CO)C(O)C2O)C(O)C(O)C1O. The van der Waals surface area contributed by atoms with E-state index in [0.717, 1.165) is 44.9 Å². The van der Waals surface area contributed by atoms with Crippen molar-refractivity contribution in [1.29, 1.82) is 0 Å². The highest BCUT2D eigenvalue weighted by molar-refractivity contribution is 5.33. The fourth-order valence-electron chi connectivity index (χ4n) is 14.6. The summed E-state index contributed by atoms with van der Waals surface area (Å²) < 4.78 is 31.1. The van der Waals surface area contributed by atoms with Gasteiger partial charge in [0.05, 0.1) is 48.3 Å². The lowest BCUT2D eigenvalue weighted by molar-refractivity contribution is -0.376. The smallest absolute Gasteiger partial charge is 0.187 e. The number of aliphatic hydroxyl groups excluding tert-OH is 8. The summed E-state index contributed by atoms with van der Waals surface area (Å²) in [5.41, 5.74) is -2.96. The molecular weight excluding hydrogens is 728 g/mol. The number of ether oxygens (including phenoxy) is 5. The van der Waals surface area contributed by atoms with Gasteiger partial charge >= 0.3 is 0 Å². The normalized spacial score (nSPS) is 59.2. The third-order valence-corrected chi connectivity index (χ3v) is 18.0. The molecule has 5 saturated carbocycles. The third kappa shape index (κ3) is 5.71. The molecule has 322 valence electrons. The van der Waals surface area contributed by atoms with Crippen LogP contribution in [0.3, 0.4) is 0 Å². The van der Waals surface area contributed by atoms with E-state index in [-0.39, 0.29) is 40.1 Å². The quantitative estimate of drug-likeness (QED) is 0.165. The lowest BCUT2D eigenvalue weighted by Gasteiger charge is -2.64. The van der Waals surface area contributed by atoms with E-state index in [9.17, 15) is 46.0 Å². The lowest BCUT2D eigenvalue weighted by Crippen LogP contribution is -2.66. The molecule has 8 rings (SSSR count). The largest absolute Gasteiger partial charge is 0.394 e. The minimum Gasteiger partial charge on any atom is -0.394 e. The van der Waals surface area contributed by atoms with Gasteiger partial charge in [0.15, 0.2) is 12.6 Å². The van der Waals surface area contributed by atoms with Gasteiger partial charge < -0.3 is 69.6 Å². The zero-order valence-corrected chi connectivity index (χ0v) is 34.5. The van der Waals surface area contributed by atoms with Crippen LogP contribution >= 0.6 is 0 Å². The summed E-state index contributed by atoms with van der Waals surface area (Å²) in [4.78, 5) is 0. The Hall–Kier alpha value is -0.560. The van der Waals surface area contributed by atoms with E-state index in [4.69, 9.17) is 23.7 Å². The molecule has 14 nitrogen and oxygen atoms in total. The summed E-state index contributed by atoms with van der Waals surface area (Å²) >= 11 is 0. The average Bonchev–Trinajstić information content (AvgIpc) is 3.48. The number of aliphatic hydroxyl groups is 9. The van der Waals surface area contributed by atoms with Crippen molar-refractivity contribution in [3.8, 4) is 0 Å². The van der Waals surface area contributed by atoms with Gasteiger partial charge in [-0.05, 0) is 119 Å². The Bertz CT molecular complexity index is 1490. The zero-order valence-electron chi connectivity index (χ0n) is 34.5. The van der Waals surface area contributed by atoms with Gasteiger partial charge in [0.1, 0.15) is 42.7 Å². The van der Waals surface area contributed by atoms with E-state index in [1.165, 1.54) is 6.92 Å². The van der Waals surface area contributed by atoms with Gasteiger partial charge in [0.25, 0.3) is 0 Å². The van der Waals surface area contributed by atoms with E-state index in [2.05, 4.69) is 34.6 Å². The molecule has 22 atom stereocenters. The molecule has 0 aromatic carbocycles. The molecule has 56 heavy (non-hydrogen) atoms. The molecule has 8 aliphatic rings. The predicted octanol–water partition coefficient (Wildman–Crippen LogP) is 1.11. The standard InChI is InChI=1S/C42H70O14/c1-19-26(45)28(47)30(49)34(52-19)55-31-29(48)27(46)22(17-43)53-35(31)54-24-10-12-42-18-41(42)14-13-38(6)16-20(39(7)11-9-25(56-39)37(4,5)51)33(50)40(38,8)23(41)15-21(44)32(42)36(24,2)3/h19-35,43-51H,9-18H2,1-8H3. The fraction of sp³-hybridized carbons (Fsp3) is 1.00. The zero-order chi connectivity index (χ0) is 40.9. The molecule has 0 amide bonds. The van der Waals surface area contributed by atoms with E-state index in [1.54, 1.807) is 13.8 Å². The Kier molecular flexibility index (Phi) is 10.1. The topological polar surface area (TPSA) is 228 Å². The van der Waals surface area contributed by atoms with Crippen LogP contribution in [-0.4, -0.2) is 150 Å². The van der Waals surface area contributed by atoms with Gasteiger partial charge in [-0.3, -0.25) is 0 Å². The molecule has 0 aromatic heterocycles. The van der Waals surface area contributed by atoms with Crippen molar-refractivity contribution in [3.63, 3.8) is 0 Å². The van der Waals surface area contributed by atoms with Crippen molar-refractivity contribution in [2.24, 2.45) is 44.8 Å². The Labute approximate surface area is 330 Å². The highest BCUT2D eigenvalue weighted by atomic mass is 16.8. The van der Waals surface area contributed by atoms with Crippen LogP contribution in [-0.2, 0) is 23.7 Å². The Morgan fingerprint density at radius 1 is 0.750 bits per heavy atom. The first kappa shape index (κ1) is 42.1. The van der Waals surface area contributed by atoms with Gasteiger partial charge in [-0.2, -0.15) is 0 Å². The van der Waals surface area contributed by atoms with Gasteiger partial charge in [-0.15, -0.1) is 0 Å². The van der Waals surface area contributed by atoms with Crippen LogP contribution in [0.1, 0.15) is 113 Å². The molecule has 0 aromatic rings. The molecule has 14 heteroatoms. The Morgan fingerprint density at radius 2 is 1.45 bits per heavy atom. The molecule has 0 bridgehead atoms. The first-order valence-electron chi connectivity index (χ1n) is 21.3. The minimum absolute atomic E-state index is 0.0534. The molecule has 22 unspecified atom stereocenters. The third-order valence-electron chi connectivity index (χ3n) is 18.0. The van der Waals surface area contributed by atoms with Crippen molar-refractivity contribution < 1.29 is 69.6 Å². The minimum atomic E-state index is -1.67. The lowest BCUT2D eigenvalue weighted by atomic mass is 9.42. The summed E-state index contributed by atoms with van der Waals surface area (Å²) in [7, 11) is 0. The van der Waals surface area contributed by atoms with Crippen LogP contribution in [0.2, 0.25) is 0 Å². The van der Waals surface area contributed by atoms with Crippen molar-refractivity contribution in [3.05, 3.63) is 0 Å². The van der Waals surface area contributed by atoms with Gasteiger partial charge in [-0.1, -0.05) is 27.7 Å². The number of fused-ring (bicyclic) bond motifs is 2. The average molecular weight is 799 g/mol. The van der Waals surface area contributed by atoms with Gasteiger partial charge in [0, 0.05) is 11.3 Å². The molecule has 2 spiro atoms. The molecule has 0 radical (unpaired) electrons. The van der Waals surface area contributed by atoms with Crippen LogP contribution in [0.5, 0.6) is 0 Å². The Balaban J connectivity index is 1.04. The second-order valence-electron chi connectivity index (χ2n) is 21.5. The molecule has 3 saturated heterocycles. The van der Waals surface area contributed by atoms with Gasteiger partial charge in [-0.25, -0.2) is 0 Å². The maximum atomic E-state index is 12.6. The maximum Gasteiger partial charge on any atom is 0.187 e. The first-order chi connectivity index (χ1) is 25.9. The second-order valence-corrected chi connectivity index (χ2v) is 21.5. The van der Waals surface area contributed by atoms with Crippen molar-refractivity contribution in [1.82, 2.24) is 0 Å². The van der Waals surface area contributed by atoms with Crippen LogP contribution < -0.4 is 0 Å². The fourth-order valence-corrected chi connectivity index (χ4v) is 14.6. The van der Waals surface area contributed by atoms with E-state index >= 15 is 0 Å². The summed E-state index contributed by atoms with van der Waals surface area (Å²) in [6, 6.07) is 0. The summed E-state index contributed by atoms with van der Waals surface area (Å²) in [6.07, 6.45) is -8.99. The van der Waals surface area contributed by atoms with Gasteiger partial charge in [0.2, 0.25) is 0 Å². The number of hydrogen-bond acceptors (Lipinski definition) is 14. The maximum absolute atomic E-state index is 12.6. The molecular formula is C42H70O14. The van der Waals surface area contributed by atoms with Crippen LogP contribution in [0.4, 0.5) is 0 Å². The van der Waals surface area contributed by atoms with Crippen molar-refractivity contribution in [2.75, 3.05) is 6.61 Å². The number of rotatable bonds is 7. The Morgan fingerprint density at radius 3 is 2.09 bits per heavy atom.